The average molecular weight is 345 g/mol. The van der Waals surface area contributed by atoms with Crippen molar-refractivity contribution in [3.05, 3.63) is 23.5 Å². The number of nitrogens with zero attached hydrogens (tertiary/aromatic N) is 1. The Balaban J connectivity index is 1.29. The van der Waals surface area contributed by atoms with Gasteiger partial charge < -0.3 is 14.4 Å². The van der Waals surface area contributed by atoms with E-state index in [-0.39, 0.29) is 22.9 Å². The Hall–Kier alpha value is -1.29. The summed E-state index contributed by atoms with van der Waals surface area (Å²) in [5.74, 6) is 1.25. The number of piperidine rings is 1. The SMILES string of the molecule is CC(C)(C)OC(=O)C1CC(N2CCC3(CC2)COC2=CCCC=C23)C1. The molecule has 0 atom stereocenters. The van der Waals surface area contributed by atoms with Gasteiger partial charge >= 0.3 is 5.97 Å². The van der Waals surface area contributed by atoms with E-state index < -0.39 is 0 Å². The van der Waals surface area contributed by atoms with Gasteiger partial charge in [-0.3, -0.25) is 4.79 Å². The van der Waals surface area contributed by atoms with Gasteiger partial charge in [0.25, 0.3) is 0 Å². The monoisotopic (exact) mass is 345 g/mol. The standard InChI is InChI=1S/C21H31NO3/c1-20(2,3)25-19(23)15-12-16(13-15)22-10-8-21(9-11-22)14-24-18-7-5-4-6-17(18)21/h6-7,15-16H,4-5,8-14H2,1-3H3. The van der Waals surface area contributed by atoms with Crippen LogP contribution in [0.15, 0.2) is 23.5 Å². The Morgan fingerprint density at radius 3 is 2.56 bits per heavy atom. The fourth-order valence-corrected chi connectivity index (χ4v) is 4.76. The third-order valence-corrected chi connectivity index (χ3v) is 6.31. The van der Waals surface area contributed by atoms with Gasteiger partial charge in [0, 0.05) is 11.5 Å². The Bertz CT molecular complexity index is 599. The van der Waals surface area contributed by atoms with Crippen LogP contribution >= 0.6 is 0 Å². The topological polar surface area (TPSA) is 38.8 Å². The number of hydrogen-bond acceptors (Lipinski definition) is 4. The molecule has 2 heterocycles. The average Bonchev–Trinajstić information content (AvgIpc) is 2.85. The molecule has 1 spiro atoms. The molecular weight excluding hydrogens is 314 g/mol. The van der Waals surface area contributed by atoms with E-state index >= 15 is 0 Å². The molecule has 0 aromatic rings. The molecule has 2 saturated heterocycles. The van der Waals surface area contributed by atoms with Gasteiger partial charge in [-0.15, -0.1) is 0 Å². The van der Waals surface area contributed by atoms with Crippen LogP contribution in [0, 0.1) is 11.3 Å². The number of carbonyl (C=O) groups is 1. The quantitative estimate of drug-likeness (QED) is 0.713. The Morgan fingerprint density at radius 1 is 1.20 bits per heavy atom. The summed E-state index contributed by atoms with van der Waals surface area (Å²) in [5.41, 5.74) is 1.37. The summed E-state index contributed by atoms with van der Waals surface area (Å²) < 4.78 is 11.5. The maximum Gasteiger partial charge on any atom is 0.309 e. The first-order valence-corrected chi connectivity index (χ1v) is 9.87. The van der Waals surface area contributed by atoms with E-state index in [9.17, 15) is 4.79 Å². The summed E-state index contributed by atoms with van der Waals surface area (Å²) in [7, 11) is 0. The Morgan fingerprint density at radius 2 is 1.88 bits per heavy atom. The molecule has 4 heteroatoms. The van der Waals surface area contributed by atoms with Gasteiger partial charge in [-0.2, -0.15) is 0 Å². The van der Waals surface area contributed by atoms with Gasteiger partial charge in [-0.25, -0.2) is 0 Å². The van der Waals surface area contributed by atoms with Crippen molar-refractivity contribution < 1.29 is 14.3 Å². The van der Waals surface area contributed by atoms with E-state index in [0.717, 1.165) is 51.1 Å². The maximum absolute atomic E-state index is 12.2. The first-order valence-electron chi connectivity index (χ1n) is 9.87. The van der Waals surface area contributed by atoms with Gasteiger partial charge in [-0.1, -0.05) is 6.08 Å². The van der Waals surface area contributed by atoms with Crippen LogP contribution in [0.1, 0.15) is 59.3 Å². The molecule has 2 aliphatic heterocycles. The van der Waals surface area contributed by atoms with Crippen molar-refractivity contribution >= 4 is 5.97 Å². The van der Waals surface area contributed by atoms with Crippen LogP contribution in [0.25, 0.3) is 0 Å². The second kappa shape index (κ2) is 6.15. The summed E-state index contributed by atoms with van der Waals surface area (Å²) >= 11 is 0. The summed E-state index contributed by atoms with van der Waals surface area (Å²) in [6, 6.07) is 0.563. The van der Waals surface area contributed by atoms with E-state index in [1.165, 1.54) is 18.4 Å². The molecule has 0 amide bonds. The maximum atomic E-state index is 12.2. The molecule has 25 heavy (non-hydrogen) atoms. The van der Waals surface area contributed by atoms with E-state index in [2.05, 4.69) is 17.1 Å². The van der Waals surface area contributed by atoms with Crippen LogP contribution in [-0.2, 0) is 14.3 Å². The fraction of sp³-hybridized carbons (Fsp3) is 0.762. The van der Waals surface area contributed by atoms with Crippen molar-refractivity contribution in [2.45, 2.75) is 70.9 Å². The molecule has 0 bridgehead atoms. The third-order valence-electron chi connectivity index (χ3n) is 6.31. The van der Waals surface area contributed by atoms with E-state index in [4.69, 9.17) is 9.47 Å². The summed E-state index contributed by atoms with van der Waals surface area (Å²) in [6.07, 6.45) is 11.3. The number of rotatable bonds is 2. The minimum absolute atomic E-state index is 0.0106. The smallest absolute Gasteiger partial charge is 0.309 e. The van der Waals surface area contributed by atoms with Crippen molar-refractivity contribution in [1.82, 2.24) is 4.90 Å². The lowest BCUT2D eigenvalue weighted by Gasteiger charge is -2.47. The largest absolute Gasteiger partial charge is 0.493 e. The number of hydrogen-bond donors (Lipinski definition) is 0. The van der Waals surface area contributed by atoms with E-state index in [1.54, 1.807) is 0 Å². The zero-order chi connectivity index (χ0) is 17.7. The predicted octanol–water partition coefficient (Wildman–Crippen LogP) is 3.82. The molecule has 3 fully saturated rings. The van der Waals surface area contributed by atoms with Crippen molar-refractivity contribution in [3.8, 4) is 0 Å². The number of ether oxygens (including phenoxy) is 2. The lowest BCUT2D eigenvalue weighted by atomic mass is 9.71. The van der Waals surface area contributed by atoms with E-state index in [0.29, 0.717) is 6.04 Å². The van der Waals surface area contributed by atoms with Crippen LogP contribution in [0.4, 0.5) is 0 Å². The second-order valence-electron chi connectivity index (χ2n) is 9.22. The lowest BCUT2D eigenvalue weighted by Crippen LogP contribution is -2.52. The highest BCUT2D eigenvalue weighted by Gasteiger charge is 2.48. The first-order chi connectivity index (χ1) is 11.9. The molecule has 2 aliphatic carbocycles. The normalized spacial score (nSPS) is 31.5. The molecule has 0 aromatic carbocycles. The minimum atomic E-state index is -0.374. The third kappa shape index (κ3) is 3.25. The van der Waals surface area contributed by atoms with Crippen molar-refractivity contribution in [1.29, 1.82) is 0 Å². The van der Waals surface area contributed by atoms with E-state index in [1.807, 2.05) is 20.8 Å². The molecule has 0 radical (unpaired) electrons. The van der Waals surface area contributed by atoms with Gasteiger partial charge in [0.05, 0.1) is 12.5 Å². The Kier molecular flexibility index (Phi) is 4.22. The molecule has 138 valence electrons. The summed E-state index contributed by atoms with van der Waals surface area (Å²) in [5, 5.41) is 0. The first kappa shape index (κ1) is 17.1. The number of esters is 1. The predicted molar refractivity (Wildman–Crippen MR) is 96.9 cm³/mol. The summed E-state index contributed by atoms with van der Waals surface area (Å²) in [4.78, 5) is 14.8. The summed E-state index contributed by atoms with van der Waals surface area (Å²) in [6.45, 7) is 8.94. The van der Waals surface area contributed by atoms with Gasteiger partial charge in [0.15, 0.2) is 0 Å². The van der Waals surface area contributed by atoms with Gasteiger partial charge in [-0.05, 0) is 84.0 Å². The number of allylic oxidation sites excluding steroid dienone is 3. The molecule has 1 saturated carbocycles. The molecule has 0 unspecified atom stereocenters. The zero-order valence-electron chi connectivity index (χ0n) is 15.8. The molecule has 0 aromatic heterocycles. The number of carbonyl (C=O) groups excluding carboxylic acids is 1. The number of fused-ring (bicyclic) bond motifs is 2. The highest BCUT2D eigenvalue weighted by Crippen LogP contribution is 2.50. The molecule has 4 aliphatic rings. The molecule has 4 rings (SSSR count). The number of likely N-dealkylation sites (tertiary alicyclic amines) is 1. The van der Waals surface area contributed by atoms with Crippen LogP contribution in [-0.4, -0.2) is 42.2 Å². The molecule has 0 N–H and O–H groups in total. The van der Waals surface area contributed by atoms with Gasteiger partial charge in [0.2, 0.25) is 0 Å². The van der Waals surface area contributed by atoms with Crippen LogP contribution in [0.2, 0.25) is 0 Å². The minimum Gasteiger partial charge on any atom is -0.493 e. The lowest BCUT2D eigenvalue weighted by molar-refractivity contribution is -0.165. The second-order valence-corrected chi connectivity index (χ2v) is 9.22. The van der Waals surface area contributed by atoms with Crippen molar-refractivity contribution in [3.63, 3.8) is 0 Å². The highest BCUT2D eigenvalue weighted by molar-refractivity contribution is 5.74. The molecule has 4 nitrogen and oxygen atoms in total. The highest BCUT2D eigenvalue weighted by atomic mass is 16.6. The Labute approximate surface area is 151 Å². The van der Waals surface area contributed by atoms with Crippen LogP contribution in [0.5, 0.6) is 0 Å². The zero-order valence-corrected chi connectivity index (χ0v) is 15.8. The van der Waals surface area contributed by atoms with Crippen LogP contribution in [0.3, 0.4) is 0 Å². The van der Waals surface area contributed by atoms with Crippen molar-refractivity contribution in [2.24, 2.45) is 11.3 Å². The molecular formula is C21H31NO3. The van der Waals surface area contributed by atoms with Crippen molar-refractivity contribution in [2.75, 3.05) is 19.7 Å². The van der Waals surface area contributed by atoms with Gasteiger partial charge in [0.1, 0.15) is 11.4 Å². The van der Waals surface area contributed by atoms with Crippen LogP contribution < -0.4 is 0 Å². The fourth-order valence-electron chi connectivity index (χ4n) is 4.76.